The fourth-order valence-corrected chi connectivity index (χ4v) is 2.69. The number of benzene rings is 1. The largest absolute Gasteiger partial charge is 0.416 e. The zero-order valence-electron chi connectivity index (χ0n) is 9.85. The molecule has 1 fully saturated rings. The second-order valence-corrected chi connectivity index (χ2v) is 4.78. The Morgan fingerprint density at radius 3 is 2.33 bits per heavy atom. The molecule has 2 rings (SSSR count). The van der Waals surface area contributed by atoms with Crippen LogP contribution in [0, 0.1) is 5.41 Å². The van der Waals surface area contributed by atoms with Gasteiger partial charge in [0.05, 0.1) is 11.0 Å². The lowest BCUT2D eigenvalue weighted by molar-refractivity contribution is -0.137. The van der Waals surface area contributed by atoms with E-state index in [0.29, 0.717) is 18.4 Å². The van der Waals surface area contributed by atoms with Gasteiger partial charge in [0.2, 0.25) is 0 Å². The first kappa shape index (κ1) is 12.9. The van der Waals surface area contributed by atoms with Crippen LogP contribution in [-0.4, -0.2) is 5.84 Å². The molecule has 0 radical (unpaired) electrons. The molecule has 1 saturated carbocycles. The lowest BCUT2D eigenvalue weighted by Gasteiger charge is -2.28. The number of amidine groups is 1. The van der Waals surface area contributed by atoms with Crippen molar-refractivity contribution in [1.82, 2.24) is 0 Å². The Hall–Kier alpha value is -1.52. The van der Waals surface area contributed by atoms with Gasteiger partial charge >= 0.3 is 6.18 Å². The molecule has 0 aromatic heterocycles. The van der Waals surface area contributed by atoms with Gasteiger partial charge in [0, 0.05) is 0 Å². The summed E-state index contributed by atoms with van der Waals surface area (Å²) < 4.78 is 38.1. The minimum absolute atomic E-state index is 0.0284. The molecule has 0 saturated heterocycles. The van der Waals surface area contributed by atoms with Crippen LogP contribution in [-0.2, 0) is 11.6 Å². The van der Waals surface area contributed by atoms with Crippen molar-refractivity contribution in [3.8, 4) is 0 Å². The van der Waals surface area contributed by atoms with Crippen molar-refractivity contribution in [3.63, 3.8) is 0 Å². The Bertz CT molecular complexity index is 460. The van der Waals surface area contributed by atoms with Gasteiger partial charge in [-0.25, -0.2) is 0 Å². The van der Waals surface area contributed by atoms with Crippen molar-refractivity contribution in [2.75, 3.05) is 0 Å². The molecule has 3 N–H and O–H groups in total. The summed E-state index contributed by atoms with van der Waals surface area (Å²) in [4.78, 5) is 0. The van der Waals surface area contributed by atoms with Crippen LogP contribution in [0.2, 0.25) is 0 Å². The van der Waals surface area contributed by atoms with E-state index in [9.17, 15) is 13.2 Å². The summed E-state index contributed by atoms with van der Waals surface area (Å²) in [6.45, 7) is 0. The van der Waals surface area contributed by atoms with Crippen molar-refractivity contribution < 1.29 is 13.2 Å². The maximum absolute atomic E-state index is 12.7. The summed E-state index contributed by atoms with van der Waals surface area (Å²) in [5.74, 6) is -0.0284. The lowest BCUT2D eigenvalue weighted by Crippen LogP contribution is -2.38. The average Bonchev–Trinajstić information content (AvgIpc) is 2.78. The average molecular weight is 256 g/mol. The van der Waals surface area contributed by atoms with E-state index < -0.39 is 17.2 Å². The third-order valence-electron chi connectivity index (χ3n) is 3.72. The molecule has 1 aliphatic carbocycles. The fraction of sp³-hybridized carbons (Fsp3) is 0.462. The molecule has 0 atom stereocenters. The van der Waals surface area contributed by atoms with E-state index in [1.165, 1.54) is 6.07 Å². The van der Waals surface area contributed by atoms with Crippen LogP contribution in [0.25, 0.3) is 0 Å². The van der Waals surface area contributed by atoms with E-state index in [-0.39, 0.29) is 5.84 Å². The van der Waals surface area contributed by atoms with Crippen molar-refractivity contribution in [2.24, 2.45) is 5.73 Å². The molecule has 18 heavy (non-hydrogen) atoms. The minimum atomic E-state index is -4.35. The monoisotopic (exact) mass is 256 g/mol. The van der Waals surface area contributed by atoms with E-state index in [0.717, 1.165) is 25.0 Å². The number of hydrogen-bond donors (Lipinski definition) is 2. The first-order valence-electron chi connectivity index (χ1n) is 5.88. The smallest absolute Gasteiger partial charge is 0.387 e. The Labute approximate surface area is 104 Å². The number of nitrogens with one attached hydrogen (secondary N) is 1. The summed E-state index contributed by atoms with van der Waals surface area (Å²) in [5, 5.41) is 7.70. The highest BCUT2D eigenvalue weighted by Gasteiger charge is 2.40. The number of hydrogen-bond acceptors (Lipinski definition) is 1. The Kier molecular flexibility index (Phi) is 3.09. The van der Waals surface area contributed by atoms with E-state index in [4.69, 9.17) is 11.1 Å². The van der Waals surface area contributed by atoms with E-state index >= 15 is 0 Å². The third kappa shape index (κ3) is 2.09. The first-order chi connectivity index (χ1) is 8.36. The zero-order chi connectivity index (χ0) is 13.4. The van der Waals surface area contributed by atoms with Gasteiger partial charge in [0.1, 0.15) is 5.84 Å². The minimum Gasteiger partial charge on any atom is -0.387 e. The molecule has 0 unspecified atom stereocenters. The van der Waals surface area contributed by atoms with Gasteiger partial charge in [0.25, 0.3) is 0 Å². The second kappa shape index (κ2) is 4.30. The Morgan fingerprint density at radius 1 is 1.22 bits per heavy atom. The molecule has 0 aliphatic heterocycles. The maximum Gasteiger partial charge on any atom is 0.416 e. The number of halogens is 3. The van der Waals surface area contributed by atoms with Gasteiger partial charge in [0.15, 0.2) is 0 Å². The predicted octanol–water partition coefficient (Wildman–Crippen LogP) is 3.45. The molecule has 0 bridgehead atoms. The second-order valence-electron chi connectivity index (χ2n) is 4.78. The van der Waals surface area contributed by atoms with Gasteiger partial charge in [-0.1, -0.05) is 31.0 Å². The van der Waals surface area contributed by atoms with Crippen LogP contribution < -0.4 is 5.73 Å². The summed E-state index contributed by atoms with van der Waals surface area (Å²) in [6.07, 6.45) is -1.24. The predicted molar refractivity (Wildman–Crippen MR) is 63.5 cm³/mol. The van der Waals surface area contributed by atoms with Crippen LogP contribution in [0.15, 0.2) is 24.3 Å². The maximum atomic E-state index is 12.7. The van der Waals surface area contributed by atoms with Crippen LogP contribution >= 0.6 is 0 Å². The molecule has 0 spiro atoms. The molecule has 1 aliphatic rings. The molecular weight excluding hydrogens is 241 g/mol. The highest BCUT2D eigenvalue weighted by atomic mass is 19.4. The van der Waals surface area contributed by atoms with Crippen molar-refractivity contribution in [1.29, 1.82) is 5.41 Å². The Balaban J connectivity index is 2.47. The van der Waals surface area contributed by atoms with Gasteiger partial charge < -0.3 is 5.73 Å². The van der Waals surface area contributed by atoms with Crippen LogP contribution in [0.4, 0.5) is 13.2 Å². The van der Waals surface area contributed by atoms with Gasteiger partial charge in [-0.15, -0.1) is 0 Å². The van der Waals surface area contributed by atoms with Crippen LogP contribution in [0.3, 0.4) is 0 Å². The number of nitrogens with two attached hydrogens (primary N) is 1. The molecule has 2 nitrogen and oxygen atoms in total. The summed E-state index contributed by atoms with van der Waals surface area (Å²) in [7, 11) is 0. The van der Waals surface area contributed by atoms with Crippen molar-refractivity contribution in [3.05, 3.63) is 35.4 Å². The van der Waals surface area contributed by atoms with Crippen molar-refractivity contribution >= 4 is 5.84 Å². The molecule has 1 aromatic rings. The van der Waals surface area contributed by atoms with E-state index in [1.54, 1.807) is 6.07 Å². The van der Waals surface area contributed by atoms with Crippen LogP contribution in [0.1, 0.15) is 36.8 Å². The Morgan fingerprint density at radius 2 is 1.83 bits per heavy atom. The van der Waals surface area contributed by atoms with Crippen LogP contribution in [0.5, 0.6) is 0 Å². The molecule has 1 aromatic carbocycles. The zero-order valence-corrected chi connectivity index (χ0v) is 9.85. The van der Waals surface area contributed by atoms with E-state index in [2.05, 4.69) is 0 Å². The first-order valence-corrected chi connectivity index (χ1v) is 5.88. The van der Waals surface area contributed by atoms with Gasteiger partial charge in [-0.05, 0) is 24.5 Å². The van der Waals surface area contributed by atoms with Crippen molar-refractivity contribution in [2.45, 2.75) is 37.3 Å². The molecular formula is C13H15F3N2. The molecule has 0 amide bonds. The molecule has 0 heterocycles. The summed E-state index contributed by atoms with van der Waals surface area (Å²) in [5.41, 5.74) is 4.78. The molecule has 98 valence electrons. The summed E-state index contributed by atoms with van der Waals surface area (Å²) in [6, 6.07) is 5.21. The normalized spacial score (nSPS) is 18.8. The van der Waals surface area contributed by atoms with Gasteiger partial charge in [-0.3, -0.25) is 5.41 Å². The highest BCUT2D eigenvalue weighted by Crippen LogP contribution is 2.42. The SMILES string of the molecule is N=C(N)C1(c2cccc(C(F)(F)F)c2)CCCC1. The fourth-order valence-electron chi connectivity index (χ4n) is 2.69. The van der Waals surface area contributed by atoms with Gasteiger partial charge in [-0.2, -0.15) is 13.2 Å². The topological polar surface area (TPSA) is 49.9 Å². The quantitative estimate of drug-likeness (QED) is 0.618. The van der Waals surface area contributed by atoms with E-state index in [1.807, 2.05) is 0 Å². The highest BCUT2D eigenvalue weighted by molar-refractivity contribution is 5.89. The number of rotatable bonds is 2. The third-order valence-corrected chi connectivity index (χ3v) is 3.72. The summed E-state index contributed by atoms with van der Waals surface area (Å²) >= 11 is 0. The lowest BCUT2D eigenvalue weighted by atomic mass is 9.77. The molecule has 5 heteroatoms. The number of alkyl halides is 3. The standard InChI is InChI=1S/C13H15F3N2/c14-13(15,16)10-5-3-4-9(8-10)12(11(17)18)6-1-2-7-12/h3-5,8H,1-2,6-7H2,(H3,17,18).